The number of sulfonamides is 1. The first kappa shape index (κ1) is 33.5. The van der Waals surface area contributed by atoms with Gasteiger partial charge in [0.05, 0.1) is 10.6 Å². The molecule has 4 aromatic carbocycles. The molecular weight excluding hydrogens is 582 g/mol. The second-order valence-corrected chi connectivity index (χ2v) is 13.2. The van der Waals surface area contributed by atoms with Gasteiger partial charge in [0, 0.05) is 19.0 Å². The Bertz CT molecular complexity index is 1660. The molecule has 7 nitrogen and oxygen atoms in total. The van der Waals surface area contributed by atoms with Crippen LogP contribution in [0.5, 0.6) is 0 Å². The Kier molecular flexibility index (Phi) is 11.5. The number of rotatable bonds is 14. The van der Waals surface area contributed by atoms with Crippen LogP contribution in [0.25, 0.3) is 0 Å². The molecule has 0 saturated heterocycles. The highest BCUT2D eigenvalue weighted by Gasteiger charge is 2.35. The Morgan fingerprint density at radius 3 is 1.98 bits per heavy atom. The van der Waals surface area contributed by atoms with Crippen molar-refractivity contribution in [2.45, 2.75) is 70.5 Å². The molecule has 0 aliphatic heterocycles. The number of nitrogens with one attached hydrogen (secondary N) is 1. The molecule has 1 N–H and O–H groups in total. The standard InChI is InChI=1S/C37H43N3O4S/c1-5-29(4)38-37(42)35(25-31-16-9-7-10-17-31)39(26-32-18-14-13-15-28(32)3)36(41)27-40(33-23-21-30(6-2)22-24-33)45(43,44)34-19-11-8-12-20-34/h7-24,29,35H,5-6,25-27H2,1-4H3,(H,38,42). The second kappa shape index (κ2) is 15.5. The van der Waals surface area contributed by atoms with Crippen molar-refractivity contribution >= 4 is 27.5 Å². The van der Waals surface area contributed by atoms with E-state index in [0.717, 1.165) is 39.4 Å². The maximum atomic E-state index is 14.6. The lowest BCUT2D eigenvalue weighted by Crippen LogP contribution is -2.54. The molecule has 0 saturated carbocycles. The van der Waals surface area contributed by atoms with Gasteiger partial charge in [-0.2, -0.15) is 0 Å². The van der Waals surface area contributed by atoms with Gasteiger partial charge in [0.15, 0.2) is 0 Å². The maximum absolute atomic E-state index is 14.6. The van der Waals surface area contributed by atoms with Gasteiger partial charge in [-0.05, 0) is 73.2 Å². The van der Waals surface area contributed by atoms with Gasteiger partial charge in [0.1, 0.15) is 12.6 Å². The van der Waals surface area contributed by atoms with E-state index in [0.29, 0.717) is 5.69 Å². The number of anilines is 1. The van der Waals surface area contributed by atoms with Crippen LogP contribution in [0.1, 0.15) is 49.4 Å². The minimum Gasteiger partial charge on any atom is -0.352 e. The monoisotopic (exact) mass is 625 g/mol. The molecule has 0 fully saturated rings. The summed E-state index contributed by atoms with van der Waals surface area (Å²) in [7, 11) is -4.13. The van der Waals surface area contributed by atoms with E-state index in [4.69, 9.17) is 0 Å². The first-order chi connectivity index (χ1) is 21.6. The highest BCUT2D eigenvalue weighted by Crippen LogP contribution is 2.26. The SMILES string of the molecule is CCc1ccc(N(CC(=O)N(Cc2ccccc2C)C(Cc2ccccc2)C(=O)NC(C)CC)S(=O)(=O)c2ccccc2)cc1. The van der Waals surface area contributed by atoms with Gasteiger partial charge in [0.25, 0.3) is 10.0 Å². The van der Waals surface area contributed by atoms with Crippen molar-refractivity contribution in [3.8, 4) is 0 Å². The molecule has 8 heteroatoms. The Morgan fingerprint density at radius 2 is 1.38 bits per heavy atom. The Balaban J connectivity index is 1.81. The number of hydrogen-bond donors (Lipinski definition) is 1. The van der Waals surface area contributed by atoms with Crippen molar-refractivity contribution in [2.75, 3.05) is 10.8 Å². The van der Waals surface area contributed by atoms with E-state index < -0.39 is 28.5 Å². The molecule has 0 aliphatic rings. The molecule has 4 aromatic rings. The first-order valence-corrected chi connectivity index (χ1v) is 16.9. The molecule has 0 aromatic heterocycles. The predicted octanol–water partition coefficient (Wildman–Crippen LogP) is 6.31. The lowest BCUT2D eigenvalue weighted by molar-refractivity contribution is -0.140. The average Bonchev–Trinajstić information content (AvgIpc) is 3.06. The number of carbonyl (C=O) groups excluding carboxylic acids is 2. The number of nitrogens with zero attached hydrogens (tertiary/aromatic N) is 2. The van der Waals surface area contributed by atoms with E-state index in [1.54, 1.807) is 35.2 Å². The molecule has 0 spiro atoms. The van der Waals surface area contributed by atoms with Crippen LogP contribution < -0.4 is 9.62 Å². The first-order valence-electron chi connectivity index (χ1n) is 15.5. The molecule has 2 unspecified atom stereocenters. The number of hydrogen-bond acceptors (Lipinski definition) is 4. The van der Waals surface area contributed by atoms with Crippen LogP contribution in [0, 0.1) is 6.92 Å². The smallest absolute Gasteiger partial charge is 0.264 e. The van der Waals surface area contributed by atoms with Crippen LogP contribution in [-0.4, -0.2) is 43.8 Å². The second-order valence-electron chi connectivity index (χ2n) is 11.3. The number of amides is 2. The van der Waals surface area contributed by atoms with E-state index in [-0.39, 0.29) is 29.8 Å². The zero-order valence-corrected chi connectivity index (χ0v) is 27.3. The number of aryl methyl sites for hydroxylation is 2. The highest BCUT2D eigenvalue weighted by molar-refractivity contribution is 7.92. The molecule has 4 rings (SSSR count). The van der Waals surface area contributed by atoms with Crippen LogP contribution >= 0.6 is 0 Å². The topological polar surface area (TPSA) is 86.8 Å². The van der Waals surface area contributed by atoms with Crippen molar-refractivity contribution in [1.29, 1.82) is 0 Å². The lowest BCUT2D eigenvalue weighted by atomic mass is 10.0. The van der Waals surface area contributed by atoms with Gasteiger partial charge in [-0.1, -0.05) is 98.8 Å². The van der Waals surface area contributed by atoms with Gasteiger partial charge < -0.3 is 10.2 Å². The van der Waals surface area contributed by atoms with E-state index in [1.807, 2.05) is 94.4 Å². The van der Waals surface area contributed by atoms with Crippen LogP contribution in [0.15, 0.2) is 114 Å². The van der Waals surface area contributed by atoms with Gasteiger partial charge >= 0.3 is 0 Å². The average molecular weight is 626 g/mol. The summed E-state index contributed by atoms with van der Waals surface area (Å²) in [5.41, 5.74) is 4.18. The number of carbonyl (C=O) groups is 2. The number of benzene rings is 4. The Morgan fingerprint density at radius 1 is 0.778 bits per heavy atom. The quantitative estimate of drug-likeness (QED) is 0.178. The third kappa shape index (κ3) is 8.60. The molecule has 2 amide bonds. The largest absolute Gasteiger partial charge is 0.352 e. The molecule has 0 aliphatic carbocycles. The fourth-order valence-electron chi connectivity index (χ4n) is 5.11. The van der Waals surface area contributed by atoms with Crippen LogP contribution in [-0.2, 0) is 39.0 Å². The summed E-state index contributed by atoms with van der Waals surface area (Å²) in [6, 6.07) is 31.6. The Hall–Kier alpha value is -4.43. The fraction of sp³-hybridized carbons (Fsp3) is 0.297. The van der Waals surface area contributed by atoms with Gasteiger partial charge in [-0.15, -0.1) is 0 Å². The summed E-state index contributed by atoms with van der Waals surface area (Å²) in [5, 5.41) is 3.07. The summed E-state index contributed by atoms with van der Waals surface area (Å²) in [4.78, 5) is 30.1. The third-order valence-corrected chi connectivity index (χ3v) is 9.90. The van der Waals surface area contributed by atoms with Crippen molar-refractivity contribution in [1.82, 2.24) is 10.2 Å². The van der Waals surface area contributed by atoms with Crippen molar-refractivity contribution < 1.29 is 18.0 Å². The summed E-state index contributed by atoms with van der Waals surface area (Å²) < 4.78 is 29.4. The van der Waals surface area contributed by atoms with Gasteiger partial charge in [0.2, 0.25) is 11.8 Å². The van der Waals surface area contributed by atoms with Crippen molar-refractivity contribution in [2.24, 2.45) is 0 Å². The predicted molar refractivity (Wildman–Crippen MR) is 180 cm³/mol. The zero-order valence-electron chi connectivity index (χ0n) is 26.5. The minimum absolute atomic E-state index is 0.0816. The maximum Gasteiger partial charge on any atom is 0.264 e. The van der Waals surface area contributed by atoms with Crippen molar-refractivity contribution in [3.05, 3.63) is 131 Å². The van der Waals surface area contributed by atoms with E-state index in [2.05, 4.69) is 5.32 Å². The van der Waals surface area contributed by atoms with E-state index in [9.17, 15) is 18.0 Å². The van der Waals surface area contributed by atoms with Crippen LogP contribution in [0.3, 0.4) is 0 Å². The van der Waals surface area contributed by atoms with E-state index >= 15 is 0 Å². The van der Waals surface area contributed by atoms with Gasteiger partial charge in [-0.25, -0.2) is 8.42 Å². The van der Waals surface area contributed by atoms with Crippen molar-refractivity contribution in [3.63, 3.8) is 0 Å². The molecule has 45 heavy (non-hydrogen) atoms. The molecule has 0 heterocycles. The molecule has 0 bridgehead atoms. The Labute approximate surface area is 268 Å². The summed E-state index contributed by atoms with van der Waals surface area (Å²) in [6.45, 7) is 7.58. The molecule has 236 valence electrons. The van der Waals surface area contributed by atoms with Crippen LogP contribution in [0.4, 0.5) is 5.69 Å². The third-order valence-electron chi connectivity index (χ3n) is 8.12. The van der Waals surface area contributed by atoms with E-state index in [1.165, 1.54) is 12.1 Å². The summed E-state index contributed by atoms with van der Waals surface area (Å²) in [6.07, 6.45) is 1.80. The molecule has 2 atom stereocenters. The van der Waals surface area contributed by atoms with Gasteiger partial charge in [-0.3, -0.25) is 13.9 Å². The molecule has 0 radical (unpaired) electrons. The summed E-state index contributed by atoms with van der Waals surface area (Å²) in [5.74, 6) is -0.752. The highest BCUT2D eigenvalue weighted by atomic mass is 32.2. The molecular formula is C37H43N3O4S. The summed E-state index contributed by atoms with van der Waals surface area (Å²) >= 11 is 0. The minimum atomic E-state index is -4.13. The lowest BCUT2D eigenvalue weighted by Gasteiger charge is -2.34. The fourth-order valence-corrected chi connectivity index (χ4v) is 6.55. The zero-order chi connectivity index (χ0) is 32.4. The normalized spacial score (nSPS) is 12.6. The van der Waals surface area contributed by atoms with Crippen LogP contribution in [0.2, 0.25) is 0 Å².